The molecule has 0 fully saturated rings. The molecule has 0 saturated carbocycles. The number of hydrogen-bond donors (Lipinski definition) is 4. The number of fused-ring (bicyclic) bond motifs is 1. The Balaban J connectivity index is 1.08. The Morgan fingerprint density at radius 2 is 1.81 bits per heavy atom. The lowest BCUT2D eigenvalue weighted by Crippen LogP contribution is -2.34. The van der Waals surface area contributed by atoms with Crippen molar-refractivity contribution in [3.8, 4) is 17.6 Å². The van der Waals surface area contributed by atoms with Crippen LogP contribution in [0.3, 0.4) is 0 Å². The minimum Gasteiger partial charge on any atom is -0.494 e. The van der Waals surface area contributed by atoms with Crippen molar-refractivity contribution in [1.82, 2.24) is 15.8 Å². The first kappa shape index (κ1) is 24.6. The molecule has 1 aromatic heterocycles. The van der Waals surface area contributed by atoms with E-state index in [4.69, 9.17) is 9.94 Å². The second-order valence-electron chi connectivity index (χ2n) is 9.35. The van der Waals surface area contributed by atoms with E-state index < -0.39 is 11.8 Å². The van der Waals surface area contributed by atoms with Crippen LogP contribution in [0.25, 0.3) is 10.9 Å². The van der Waals surface area contributed by atoms with Gasteiger partial charge in [0, 0.05) is 23.6 Å². The molecular weight excluding hydrogens is 462 g/mol. The third kappa shape index (κ3) is 6.03. The molecule has 3 aromatic carbocycles. The number of carbonyl (C=O) groups excluding carboxylic acids is 1. The highest BCUT2D eigenvalue weighted by Crippen LogP contribution is 2.30. The van der Waals surface area contributed by atoms with Gasteiger partial charge in [-0.15, -0.1) is 0 Å². The van der Waals surface area contributed by atoms with E-state index in [9.17, 15) is 4.79 Å². The molecule has 6 nitrogen and oxygen atoms in total. The SMILES string of the molecule is O=C(NO)C1C#CC1c1ccc(CNCCc2c[nH]c3ccc(OCCCc4ccccc4)cc23)cc1. The van der Waals surface area contributed by atoms with Crippen molar-refractivity contribution in [2.75, 3.05) is 13.2 Å². The van der Waals surface area contributed by atoms with Crippen LogP contribution in [-0.4, -0.2) is 29.3 Å². The lowest BCUT2D eigenvalue weighted by atomic mass is 9.79. The number of nitrogens with one attached hydrogen (secondary N) is 3. The van der Waals surface area contributed by atoms with Crippen LogP contribution in [-0.2, 0) is 24.2 Å². The van der Waals surface area contributed by atoms with Crippen LogP contribution in [0, 0.1) is 17.8 Å². The zero-order valence-corrected chi connectivity index (χ0v) is 20.7. The van der Waals surface area contributed by atoms with E-state index in [2.05, 4.69) is 76.9 Å². The van der Waals surface area contributed by atoms with Crippen molar-refractivity contribution >= 4 is 16.8 Å². The van der Waals surface area contributed by atoms with Gasteiger partial charge in [0.25, 0.3) is 5.91 Å². The van der Waals surface area contributed by atoms with Gasteiger partial charge in [-0.3, -0.25) is 10.0 Å². The summed E-state index contributed by atoms with van der Waals surface area (Å²) in [5, 5.41) is 13.6. The van der Waals surface area contributed by atoms with E-state index in [1.54, 1.807) is 5.48 Å². The molecule has 0 aliphatic heterocycles. The minimum atomic E-state index is -0.481. The normalized spacial score (nSPS) is 16.0. The third-order valence-electron chi connectivity index (χ3n) is 6.82. The molecule has 188 valence electrons. The first-order valence-corrected chi connectivity index (χ1v) is 12.7. The molecular formula is C31H31N3O3. The molecule has 0 bridgehead atoms. The summed E-state index contributed by atoms with van der Waals surface area (Å²) in [7, 11) is 0. The lowest BCUT2D eigenvalue weighted by molar-refractivity contribution is -0.132. The van der Waals surface area contributed by atoms with Gasteiger partial charge < -0.3 is 15.0 Å². The minimum absolute atomic E-state index is 0.159. The molecule has 5 rings (SSSR count). The van der Waals surface area contributed by atoms with E-state index in [1.165, 1.54) is 22.1 Å². The first-order chi connectivity index (χ1) is 18.2. The summed E-state index contributed by atoms with van der Waals surface area (Å²) in [6, 6.07) is 24.9. The predicted molar refractivity (Wildman–Crippen MR) is 144 cm³/mol. The number of benzene rings is 3. The molecule has 0 radical (unpaired) electrons. The van der Waals surface area contributed by atoms with Crippen molar-refractivity contribution in [1.29, 1.82) is 0 Å². The van der Waals surface area contributed by atoms with E-state index in [1.807, 2.05) is 24.3 Å². The maximum absolute atomic E-state index is 11.6. The number of hydroxylamine groups is 1. The predicted octanol–water partition coefficient (Wildman–Crippen LogP) is 4.73. The molecule has 2 unspecified atom stereocenters. The highest BCUT2D eigenvalue weighted by molar-refractivity contribution is 5.85. The smallest absolute Gasteiger partial charge is 0.260 e. The van der Waals surface area contributed by atoms with E-state index in [-0.39, 0.29) is 5.92 Å². The molecule has 4 N–H and O–H groups in total. The van der Waals surface area contributed by atoms with Gasteiger partial charge in [0.1, 0.15) is 11.7 Å². The highest BCUT2D eigenvalue weighted by atomic mass is 16.5. The second kappa shape index (κ2) is 11.8. The summed E-state index contributed by atoms with van der Waals surface area (Å²) < 4.78 is 6.04. The van der Waals surface area contributed by atoms with Crippen molar-refractivity contribution in [2.45, 2.75) is 31.7 Å². The van der Waals surface area contributed by atoms with E-state index in [0.29, 0.717) is 6.61 Å². The number of rotatable bonds is 12. The summed E-state index contributed by atoms with van der Waals surface area (Å²) in [5.41, 5.74) is 7.59. The quantitative estimate of drug-likeness (QED) is 0.0995. The third-order valence-corrected chi connectivity index (χ3v) is 6.82. The fraction of sp³-hybridized carbons (Fsp3) is 0.258. The number of hydrogen-bond acceptors (Lipinski definition) is 4. The molecule has 1 aliphatic carbocycles. The Bertz CT molecular complexity index is 1400. The zero-order chi connectivity index (χ0) is 25.5. The van der Waals surface area contributed by atoms with E-state index >= 15 is 0 Å². The van der Waals surface area contributed by atoms with Gasteiger partial charge in [-0.1, -0.05) is 66.4 Å². The number of aromatic amines is 1. The molecule has 6 heteroatoms. The monoisotopic (exact) mass is 493 g/mol. The summed E-state index contributed by atoms with van der Waals surface area (Å²) in [6.45, 7) is 2.31. The zero-order valence-electron chi connectivity index (χ0n) is 20.7. The van der Waals surface area contributed by atoms with Crippen molar-refractivity contribution in [3.05, 3.63) is 101 Å². The number of H-pyrrole nitrogens is 1. The Labute approximate surface area is 217 Å². The number of aromatic nitrogens is 1. The van der Waals surface area contributed by atoms with Crippen molar-refractivity contribution in [2.24, 2.45) is 5.92 Å². The Kier molecular flexibility index (Phi) is 7.85. The van der Waals surface area contributed by atoms with Crippen LogP contribution in [0.4, 0.5) is 0 Å². The maximum atomic E-state index is 11.6. The summed E-state index contributed by atoms with van der Waals surface area (Å²) in [4.78, 5) is 15.0. The van der Waals surface area contributed by atoms with Gasteiger partial charge in [0.2, 0.25) is 0 Å². The molecule has 37 heavy (non-hydrogen) atoms. The van der Waals surface area contributed by atoms with Gasteiger partial charge in [-0.25, -0.2) is 5.48 Å². The van der Waals surface area contributed by atoms with Gasteiger partial charge in [0.15, 0.2) is 0 Å². The van der Waals surface area contributed by atoms with Crippen LogP contribution >= 0.6 is 0 Å². The number of aryl methyl sites for hydroxylation is 1. The Hall–Kier alpha value is -4.05. The summed E-state index contributed by atoms with van der Waals surface area (Å²) in [6.07, 6.45) is 4.99. The van der Waals surface area contributed by atoms with Gasteiger partial charge in [-0.05, 0) is 66.3 Å². The number of ether oxygens (including phenoxy) is 1. The average Bonchev–Trinajstić information content (AvgIpc) is 3.32. The average molecular weight is 494 g/mol. The van der Waals surface area contributed by atoms with Crippen molar-refractivity contribution in [3.63, 3.8) is 0 Å². The first-order valence-electron chi connectivity index (χ1n) is 12.7. The van der Waals surface area contributed by atoms with Gasteiger partial charge >= 0.3 is 0 Å². The molecule has 1 heterocycles. The fourth-order valence-electron chi connectivity index (χ4n) is 4.68. The van der Waals surface area contributed by atoms with Crippen LogP contribution < -0.4 is 15.5 Å². The fourth-order valence-corrected chi connectivity index (χ4v) is 4.68. The molecule has 1 amide bonds. The molecule has 2 atom stereocenters. The van der Waals surface area contributed by atoms with Crippen LogP contribution in [0.5, 0.6) is 5.75 Å². The highest BCUT2D eigenvalue weighted by Gasteiger charge is 2.31. The largest absolute Gasteiger partial charge is 0.494 e. The Morgan fingerprint density at radius 3 is 2.57 bits per heavy atom. The number of carbonyl (C=O) groups is 1. The maximum Gasteiger partial charge on any atom is 0.260 e. The number of amides is 1. The molecule has 4 aromatic rings. The van der Waals surface area contributed by atoms with Gasteiger partial charge in [0.05, 0.1) is 12.5 Å². The lowest BCUT2D eigenvalue weighted by Gasteiger charge is -2.23. The molecule has 0 spiro atoms. The standard InChI is InChI=1S/C31H31N3O3/c35-31(34-36)28-14-13-27(28)24-10-8-23(9-11-24)20-32-17-16-25-21-33-30-15-12-26(19-29(25)30)37-18-4-7-22-5-2-1-3-6-22/h1-3,5-6,8-12,15,19,21,27-28,32-33,36H,4,7,16-18,20H2,(H,34,35). The molecule has 1 aliphatic rings. The van der Waals surface area contributed by atoms with Crippen LogP contribution in [0.15, 0.2) is 79.0 Å². The Morgan fingerprint density at radius 1 is 0.973 bits per heavy atom. The second-order valence-corrected chi connectivity index (χ2v) is 9.35. The van der Waals surface area contributed by atoms with Crippen molar-refractivity contribution < 1.29 is 14.7 Å². The van der Waals surface area contributed by atoms with E-state index in [0.717, 1.165) is 49.2 Å². The summed E-state index contributed by atoms with van der Waals surface area (Å²) in [5.74, 6) is 5.63. The van der Waals surface area contributed by atoms with Gasteiger partial charge in [-0.2, -0.15) is 0 Å². The van der Waals surface area contributed by atoms with Crippen LogP contribution in [0.1, 0.15) is 34.6 Å². The topological polar surface area (TPSA) is 86.4 Å². The van der Waals surface area contributed by atoms with Crippen LogP contribution in [0.2, 0.25) is 0 Å². The molecule has 0 saturated heterocycles. The summed E-state index contributed by atoms with van der Waals surface area (Å²) >= 11 is 0.